The summed E-state index contributed by atoms with van der Waals surface area (Å²) in [5, 5.41) is 6.08. The Morgan fingerprint density at radius 1 is 1.28 bits per heavy atom. The van der Waals surface area contributed by atoms with Crippen LogP contribution in [-0.4, -0.2) is 67.0 Å². The lowest BCUT2D eigenvalue weighted by atomic mass is 9.97. The van der Waals surface area contributed by atoms with Crippen molar-refractivity contribution in [2.75, 3.05) is 45.2 Å². The van der Waals surface area contributed by atoms with Crippen molar-refractivity contribution in [2.24, 2.45) is 5.92 Å². The first kappa shape index (κ1) is 18.0. The van der Waals surface area contributed by atoms with Crippen molar-refractivity contribution < 1.29 is 9.59 Å². The summed E-state index contributed by atoms with van der Waals surface area (Å²) in [5.74, 6) is -0.110. The molecular formula is C17H27N5O2S. The van der Waals surface area contributed by atoms with Gasteiger partial charge in [0.2, 0.25) is 5.91 Å². The van der Waals surface area contributed by atoms with Crippen molar-refractivity contribution in [2.45, 2.75) is 32.2 Å². The Morgan fingerprint density at radius 3 is 2.76 bits per heavy atom. The molecule has 2 saturated heterocycles. The van der Waals surface area contributed by atoms with Crippen molar-refractivity contribution in [3.05, 3.63) is 11.1 Å². The zero-order valence-corrected chi connectivity index (χ0v) is 15.8. The molecule has 7 nitrogen and oxygen atoms in total. The standard InChI is InChI=1S/C17H27N5O2S/c1-20(2)17(24)22-9-5-6-13(11-22)15(23)18-10-14-12-25-16(19-14)21-7-3-4-8-21/h12-13H,3-11H2,1-2H3,(H,18,23)/t13-/m0/s1. The average molecular weight is 366 g/mol. The van der Waals surface area contributed by atoms with Gasteiger partial charge < -0.3 is 20.0 Å². The number of nitrogens with zero attached hydrogens (tertiary/aromatic N) is 4. The van der Waals surface area contributed by atoms with Crippen LogP contribution >= 0.6 is 11.3 Å². The van der Waals surface area contributed by atoms with Gasteiger partial charge in [0, 0.05) is 45.7 Å². The lowest BCUT2D eigenvalue weighted by molar-refractivity contribution is -0.126. The molecule has 0 saturated carbocycles. The van der Waals surface area contributed by atoms with E-state index in [1.807, 2.05) is 5.38 Å². The first-order valence-electron chi connectivity index (χ1n) is 8.98. The molecule has 0 spiro atoms. The number of hydrogen-bond donors (Lipinski definition) is 1. The summed E-state index contributed by atoms with van der Waals surface area (Å²) >= 11 is 1.65. The van der Waals surface area contributed by atoms with Crippen molar-refractivity contribution >= 4 is 28.4 Å². The van der Waals surface area contributed by atoms with Gasteiger partial charge in [0.05, 0.1) is 18.2 Å². The number of aromatic nitrogens is 1. The predicted octanol–water partition coefficient (Wildman–Crippen LogP) is 1.75. The number of urea groups is 1. The lowest BCUT2D eigenvalue weighted by Gasteiger charge is -2.33. The van der Waals surface area contributed by atoms with E-state index in [1.54, 1.807) is 35.2 Å². The van der Waals surface area contributed by atoms with Crippen LogP contribution in [0.2, 0.25) is 0 Å². The fourth-order valence-corrected chi connectivity index (χ4v) is 4.28. The molecule has 1 aromatic rings. The highest BCUT2D eigenvalue weighted by atomic mass is 32.1. The van der Waals surface area contributed by atoms with Crippen LogP contribution < -0.4 is 10.2 Å². The SMILES string of the molecule is CN(C)C(=O)N1CCC[C@H](C(=O)NCc2csc(N3CCCC3)n2)C1. The van der Waals surface area contributed by atoms with Crippen LogP contribution in [0.3, 0.4) is 0 Å². The number of carbonyl (C=O) groups excluding carboxylic acids is 2. The normalized spacial score (nSPS) is 20.6. The lowest BCUT2D eigenvalue weighted by Crippen LogP contribution is -2.48. The Bertz CT molecular complexity index is 612. The summed E-state index contributed by atoms with van der Waals surface area (Å²) in [7, 11) is 3.48. The van der Waals surface area contributed by atoms with Gasteiger partial charge in [-0.1, -0.05) is 0 Å². The number of piperidine rings is 1. The van der Waals surface area contributed by atoms with E-state index >= 15 is 0 Å². The highest BCUT2D eigenvalue weighted by molar-refractivity contribution is 7.13. The van der Waals surface area contributed by atoms with E-state index in [0.717, 1.165) is 43.3 Å². The maximum absolute atomic E-state index is 12.5. The van der Waals surface area contributed by atoms with Crippen LogP contribution in [0.5, 0.6) is 0 Å². The third kappa shape index (κ3) is 4.42. The maximum Gasteiger partial charge on any atom is 0.319 e. The molecule has 1 aromatic heterocycles. The van der Waals surface area contributed by atoms with Gasteiger partial charge in [-0.3, -0.25) is 4.79 Å². The zero-order valence-electron chi connectivity index (χ0n) is 15.0. The van der Waals surface area contributed by atoms with Gasteiger partial charge >= 0.3 is 6.03 Å². The molecule has 1 atom stereocenters. The third-order valence-electron chi connectivity index (χ3n) is 4.81. The van der Waals surface area contributed by atoms with Crippen LogP contribution in [0.4, 0.5) is 9.93 Å². The minimum absolute atomic E-state index is 0.0204. The number of nitrogens with one attached hydrogen (secondary N) is 1. The molecule has 8 heteroatoms. The van der Waals surface area contributed by atoms with Crippen molar-refractivity contribution in [3.63, 3.8) is 0 Å². The van der Waals surface area contributed by atoms with Crippen molar-refractivity contribution in [1.29, 1.82) is 0 Å². The topological polar surface area (TPSA) is 68.8 Å². The summed E-state index contributed by atoms with van der Waals surface area (Å²) in [6.07, 6.45) is 4.16. The minimum atomic E-state index is -0.130. The number of rotatable bonds is 4. The first-order chi connectivity index (χ1) is 12.0. The third-order valence-corrected chi connectivity index (χ3v) is 5.76. The average Bonchev–Trinajstić information content (AvgIpc) is 3.30. The molecule has 3 amide bonds. The number of amides is 3. The molecule has 1 N–H and O–H groups in total. The molecule has 25 heavy (non-hydrogen) atoms. The monoisotopic (exact) mass is 365 g/mol. The van der Waals surface area contributed by atoms with Gasteiger partial charge in [-0.25, -0.2) is 9.78 Å². The predicted molar refractivity (Wildman–Crippen MR) is 98.8 cm³/mol. The van der Waals surface area contributed by atoms with Gasteiger partial charge in [-0.2, -0.15) is 0 Å². The van der Waals surface area contributed by atoms with E-state index in [4.69, 9.17) is 0 Å². The summed E-state index contributed by atoms with van der Waals surface area (Å²) in [6.45, 7) is 3.85. The van der Waals surface area contributed by atoms with E-state index in [9.17, 15) is 9.59 Å². The molecule has 0 aromatic carbocycles. The second-order valence-corrected chi connectivity index (χ2v) is 7.83. The Balaban J connectivity index is 1.49. The Morgan fingerprint density at radius 2 is 2.04 bits per heavy atom. The second-order valence-electron chi connectivity index (χ2n) is 7.00. The minimum Gasteiger partial charge on any atom is -0.350 e. The Kier molecular flexibility index (Phi) is 5.78. The van der Waals surface area contributed by atoms with E-state index in [0.29, 0.717) is 13.1 Å². The molecule has 0 bridgehead atoms. The smallest absolute Gasteiger partial charge is 0.319 e. The van der Waals surface area contributed by atoms with Gasteiger partial charge in [0.15, 0.2) is 5.13 Å². The largest absolute Gasteiger partial charge is 0.350 e. The number of likely N-dealkylation sites (tertiary alicyclic amines) is 1. The fourth-order valence-electron chi connectivity index (χ4n) is 3.40. The number of anilines is 1. The van der Waals surface area contributed by atoms with Crippen molar-refractivity contribution in [1.82, 2.24) is 20.1 Å². The highest BCUT2D eigenvalue weighted by Gasteiger charge is 2.29. The van der Waals surface area contributed by atoms with Gasteiger partial charge in [-0.15, -0.1) is 11.3 Å². The Labute approximate surface area is 153 Å². The van der Waals surface area contributed by atoms with Crippen LogP contribution in [0.1, 0.15) is 31.4 Å². The summed E-state index contributed by atoms with van der Waals surface area (Å²) in [4.78, 5) is 34.8. The molecule has 0 aliphatic carbocycles. The second kappa shape index (κ2) is 8.03. The Hall–Kier alpha value is -1.83. The molecule has 138 valence electrons. The van der Waals surface area contributed by atoms with E-state index in [1.165, 1.54) is 12.8 Å². The van der Waals surface area contributed by atoms with Gasteiger partial charge in [0.1, 0.15) is 0 Å². The summed E-state index contributed by atoms with van der Waals surface area (Å²) < 4.78 is 0. The van der Waals surface area contributed by atoms with E-state index in [-0.39, 0.29) is 17.9 Å². The summed E-state index contributed by atoms with van der Waals surface area (Å²) in [6, 6.07) is -0.0211. The zero-order chi connectivity index (χ0) is 17.8. The molecule has 3 heterocycles. The van der Waals surface area contributed by atoms with Gasteiger partial charge in [0.25, 0.3) is 0 Å². The highest BCUT2D eigenvalue weighted by Crippen LogP contribution is 2.24. The number of hydrogen-bond acceptors (Lipinski definition) is 5. The van der Waals surface area contributed by atoms with Crippen LogP contribution in [0, 0.1) is 5.92 Å². The van der Waals surface area contributed by atoms with E-state index < -0.39 is 0 Å². The molecule has 3 rings (SSSR count). The molecule has 2 aliphatic heterocycles. The number of carbonyl (C=O) groups is 2. The van der Waals surface area contributed by atoms with Crippen LogP contribution in [-0.2, 0) is 11.3 Å². The number of thiazole rings is 1. The van der Waals surface area contributed by atoms with E-state index in [2.05, 4.69) is 15.2 Å². The molecule has 2 aliphatic rings. The maximum atomic E-state index is 12.5. The van der Waals surface area contributed by atoms with Gasteiger partial charge in [-0.05, 0) is 25.7 Å². The molecular weight excluding hydrogens is 338 g/mol. The molecule has 0 unspecified atom stereocenters. The van der Waals surface area contributed by atoms with Crippen LogP contribution in [0.25, 0.3) is 0 Å². The molecule has 2 fully saturated rings. The first-order valence-corrected chi connectivity index (χ1v) is 9.86. The quantitative estimate of drug-likeness (QED) is 0.883. The molecule has 0 radical (unpaired) electrons. The van der Waals surface area contributed by atoms with Crippen LogP contribution in [0.15, 0.2) is 5.38 Å². The van der Waals surface area contributed by atoms with Crippen molar-refractivity contribution in [3.8, 4) is 0 Å². The fraction of sp³-hybridized carbons (Fsp3) is 0.706. The summed E-state index contributed by atoms with van der Waals surface area (Å²) in [5.41, 5.74) is 0.914.